The van der Waals surface area contributed by atoms with E-state index in [1.807, 2.05) is 0 Å². The van der Waals surface area contributed by atoms with Crippen molar-refractivity contribution in [1.82, 2.24) is 0 Å². The van der Waals surface area contributed by atoms with Gasteiger partial charge in [-0.2, -0.15) is 0 Å². The molecule has 82 valence electrons. The van der Waals surface area contributed by atoms with Crippen molar-refractivity contribution >= 4 is 5.97 Å². The summed E-state index contributed by atoms with van der Waals surface area (Å²) >= 11 is 0. The first-order valence-electron chi connectivity index (χ1n) is 4.35. The Hall–Kier alpha value is -1.62. The van der Waals surface area contributed by atoms with Crippen LogP contribution in [0.15, 0.2) is 24.3 Å². The van der Waals surface area contributed by atoms with Gasteiger partial charge >= 0.3 is 5.97 Å². The molecular formula is C10H12FNO3. The quantitative estimate of drug-likeness (QED) is 0.748. The van der Waals surface area contributed by atoms with E-state index < -0.39 is 12.0 Å². The number of rotatable bonds is 4. The predicted octanol–water partition coefficient (Wildman–Crippen LogP) is 0.705. The summed E-state index contributed by atoms with van der Waals surface area (Å²) in [5.74, 6) is -0.438. The maximum atomic E-state index is 12.5. The average Bonchev–Trinajstić information content (AvgIpc) is 2.26. The lowest BCUT2D eigenvalue weighted by Crippen LogP contribution is -2.37. The molecule has 0 bridgehead atoms. The van der Waals surface area contributed by atoms with Gasteiger partial charge in [0.25, 0.3) is 0 Å². The van der Waals surface area contributed by atoms with E-state index in [0.29, 0.717) is 5.75 Å². The zero-order valence-corrected chi connectivity index (χ0v) is 8.27. The first kappa shape index (κ1) is 11.5. The van der Waals surface area contributed by atoms with Crippen LogP contribution in [0.25, 0.3) is 0 Å². The van der Waals surface area contributed by atoms with Crippen LogP contribution in [-0.2, 0) is 9.53 Å². The summed E-state index contributed by atoms with van der Waals surface area (Å²) in [5.41, 5.74) is 5.43. The van der Waals surface area contributed by atoms with Crippen molar-refractivity contribution in [2.75, 3.05) is 13.7 Å². The van der Waals surface area contributed by atoms with Gasteiger partial charge in [-0.1, -0.05) is 0 Å². The minimum atomic E-state index is -0.833. The van der Waals surface area contributed by atoms with Crippen molar-refractivity contribution in [3.8, 4) is 5.75 Å². The van der Waals surface area contributed by atoms with Crippen molar-refractivity contribution in [2.45, 2.75) is 6.04 Å². The highest BCUT2D eigenvalue weighted by molar-refractivity contribution is 5.75. The van der Waals surface area contributed by atoms with E-state index in [1.54, 1.807) is 0 Å². The van der Waals surface area contributed by atoms with Crippen molar-refractivity contribution in [2.24, 2.45) is 5.73 Å². The van der Waals surface area contributed by atoms with Crippen LogP contribution < -0.4 is 10.5 Å². The maximum absolute atomic E-state index is 12.5. The average molecular weight is 213 g/mol. The third-order valence-corrected chi connectivity index (χ3v) is 1.75. The molecule has 0 amide bonds. The summed E-state index contributed by atoms with van der Waals surface area (Å²) in [7, 11) is 1.25. The van der Waals surface area contributed by atoms with E-state index in [0.717, 1.165) is 0 Å². The van der Waals surface area contributed by atoms with Crippen LogP contribution in [0.2, 0.25) is 0 Å². The number of carbonyl (C=O) groups excluding carboxylic acids is 1. The van der Waals surface area contributed by atoms with Gasteiger partial charge < -0.3 is 15.2 Å². The number of halogens is 1. The van der Waals surface area contributed by atoms with Crippen molar-refractivity contribution in [3.63, 3.8) is 0 Å². The summed E-state index contributed by atoms with van der Waals surface area (Å²) in [5, 5.41) is 0. The smallest absolute Gasteiger partial charge is 0.326 e. The molecule has 0 aromatic heterocycles. The highest BCUT2D eigenvalue weighted by Gasteiger charge is 2.13. The van der Waals surface area contributed by atoms with Gasteiger partial charge in [-0.25, -0.2) is 4.39 Å². The van der Waals surface area contributed by atoms with Crippen molar-refractivity contribution in [3.05, 3.63) is 30.1 Å². The van der Waals surface area contributed by atoms with E-state index in [2.05, 4.69) is 4.74 Å². The zero-order valence-electron chi connectivity index (χ0n) is 8.27. The summed E-state index contributed by atoms with van der Waals surface area (Å²) in [6, 6.07) is 4.61. The highest BCUT2D eigenvalue weighted by atomic mass is 19.1. The number of methoxy groups -OCH3 is 1. The molecule has 1 rings (SSSR count). The molecule has 0 fully saturated rings. The molecule has 2 N–H and O–H groups in total. The normalized spacial score (nSPS) is 11.9. The first-order chi connectivity index (χ1) is 7.13. The summed E-state index contributed by atoms with van der Waals surface area (Å²) in [4.78, 5) is 10.9. The van der Waals surface area contributed by atoms with Gasteiger partial charge in [-0.05, 0) is 24.3 Å². The number of ether oxygens (including phenoxy) is 2. The van der Waals surface area contributed by atoms with Crippen LogP contribution in [-0.4, -0.2) is 25.7 Å². The molecular weight excluding hydrogens is 201 g/mol. The van der Waals surface area contributed by atoms with Crippen molar-refractivity contribution < 1.29 is 18.7 Å². The fraction of sp³-hybridized carbons (Fsp3) is 0.300. The predicted molar refractivity (Wildman–Crippen MR) is 51.9 cm³/mol. The second-order valence-corrected chi connectivity index (χ2v) is 2.89. The minimum absolute atomic E-state index is 0.00168. The minimum Gasteiger partial charge on any atom is -0.491 e. The standard InChI is InChI=1S/C10H12FNO3/c1-14-10(13)9(12)6-15-8-4-2-7(11)3-5-8/h2-5,9H,6,12H2,1H3. The van der Waals surface area contributed by atoms with E-state index in [-0.39, 0.29) is 12.4 Å². The molecule has 0 spiro atoms. The third kappa shape index (κ3) is 3.55. The fourth-order valence-corrected chi connectivity index (χ4v) is 0.936. The van der Waals surface area contributed by atoms with E-state index in [9.17, 15) is 9.18 Å². The van der Waals surface area contributed by atoms with Crippen LogP contribution in [0, 0.1) is 5.82 Å². The van der Waals surface area contributed by atoms with Gasteiger partial charge in [0.1, 0.15) is 24.2 Å². The number of carbonyl (C=O) groups is 1. The van der Waals surface area contributed by atoms with Gasteiger partial charge in [0.2, 0.25) is 0 Å². The molecule has 5 heteroatoms. The third-order valence-electron chi connectivity index (χ3n) is 1.75. The van der Waals surface area contributed by atoms with Gasteiger partial charge in [-0.15, -0.1) is 0 Å². The number of nitrogens with two attached hydrogens (primary N) is 1. The zero-order chi connectivity index (χ0) is 11.3. The summed E-state index contributed by atoms with van der Waals surface area (Å²) in [6.07, 6.45) is 0. The van der Waals surface area contributed by atoms with E-state index in [4.69, 9.17) is 10.5 Å². The Bertz CT molecular complexity index is 326. The molecule has 0 aliphatic heterocycles. The molecule has 0 heterocycles. The Labute approximate surface area is 86.8 Å². The Morgan fingerprint density at radius 2 is 2.07 bits per heavy atom. The van der Waals surface area contributed by atoms with Crippen LogP contribution in [0.3, 0.4) is 0 Å². The number of esters is 1. The molecule has 1 aromatic rings. The fourth-order valence-electron chi connectivity index (χ4n) is 0.936. The molecule has 0 saturated heterocycles. The van der Waals surface area contributed by atoms with Gasteiger partial charge in [0.15, 0.2) is 0 Å². The second-order valence-electron chi connectivity index (χ2n) is 2.89. The van der Waals surface area contributed by atoms with Crippen LogP contribution >= 0.6 is 0 Å². The summed E-state index contributed by atoms with van der Waals surface area (Å²) in [6.45, 7) is -0.00168. The molecule has 0 radical (unpaired) electrons. The largest absolute Gasteiger partial charge is 0.491 e. The molecule has 0 aliphatic carbocycles. The lowest BCUT2D eigenvalue weighted by Gasteiger charge is -2.10. The number of benzene rings is 1. The first-order valence-corrected chi connectivity index (χ1v) is 4.35. The van der Waals surface area contributed by atoms with Gasteiger partial charge in [-0.3, -0.25) is 4.79 Å². The lowest BCUT2D eigenvalue weighted by atomic mass is 10.3. The van der Waals surface area contributed by atoms with Gasteiger partial charge in [0.05, 0.1) is 7.11 Å². The monoisotopic (exact) mass is 213 g/mol. The molecule has 1 aromatic carbocycles. The second kappa shape index (κ2) is 5.31. The maximum Gasteiger partial charge on any atom is 0.326 e. The topological polar surface area (TPSA) is 61.5 Å². The Kier molecular flexibility index (Phi) is 4.05. The van der Waals surface area contributed by atoms with E-state index >= 15 is 0 Å². The Morgan fingerprint density at radius 1 is 1.47 bits per heavy atom. The van der Waals surface area contributed by atoms with Crippen LogP contribution in [0.4, 0.5) is 4.39 Å². The molecule has 15 heavy (non-hydrogen) atoms. The van der Waals surface area contributed by atoms with Crippen molar-refractivity contribution in [1.29, 1.82) is 0 Å². The Balaban J connectivity index is 2.43. The van der Waals surface area contributed by atoms with Crippen LogP contribution in [0.1, 0.15) is 0 Å². The molecule has 1 atom stereocenters. The Morgan fingerprint density at radius 3 is 2.60 bits per heavy atom. The summed E-state index contributed by atoms with van der Waals surface area (Å²) < 4.78 is 22.1. The highest BCUT2D eigenvalue weighted by Crippen LogP contribution is 2.10. The van der Waals surface area contributed by atoms with Crippen LogP contribution in [0.5, 0.6) is 5.75 Å². The lowest BCUT2D eigenvalue weighted by molar-refractivity contribution is -0.142. The SMILES string of the molecule is COC(=O)C(N)COc1ccc(F)cc1. The molecule has 0 aliphatic rings. The number of hydrogen-bond donors (Lipinski definition) is 1. The molecule has 1 unspecified atom stereocenters. The van der Waals surface area contributed by atoms with Gasteiger partial charge in [0, 0.05) is 0 Å². The molecule has 0 saturated carbocycles. The number of hydrogen-bond acceptors (Lipinski definition) is 4. The molecule has 4 nitrogen and oxygen atoms in total. The van der Waals surface area contributed by atoms with E-state index in [1.165, 1.54) is 31.4 Å².